The van der Waals surface area contributed by atoms with Crippen molar-refractivity contribution in [3.63, 3.8) is 0 Å². The van der Waals surface area contributed by atoms with E-state index in [0.29, 0.717) is 11.4 Å². The minimum absolute atomic E-state index is 0.285. The van der Waals surface area contributed by atoms with E-state index in [1.165, 1.54) is 0 Å². The van der Waals surface area contributed by atoms with Gasteiger partial charge in [0.05, 0.1) is 15.6 Å². The number of fused-ring (bicyclic) bond motifs is 1. The van der Waals surface area contributed by atoms with Gasteiger partial charge in [-0.3, -0.25) is 0 Å². The van der Waals surface area contributed by atoms with Crippen LogP contribution in [0.15, 0.2) is 47.6 Å². The third-order valence-electron chi connectivity index (χ3n) is 3.93. The van der Waals surface area contributed by atoms with Crippen LogP contribution in [0.4, 0.5) is 0 Å². The van der Waals surface area contributed by atoms with Gasteiger partial charge in [-0.2, -0.15) is 0 Å². The topological polar surface area (TPSA) is 63.5 Å². The smallest absolute Gasteiger partial charge is 0.240 e. The number of nitrogens with one attached hydrogen (secondary N) is 1. The number of sulfonamides is 1. The van der Waals surface area contributed by atoms with Gasteiger partial charge in [-0.25, -0.2) is 18.1 Å². The SMILES string of the molecule is Cc1ccc(S(=O)(=O)NCCc2cn3cc(Cl)ccc3n2)cc1C. The average Bonchev–Trinajstić information content (AvgIpc) is 2.91. The molecule has 0 atom stereocenters. The zero-order chi connectivity index (χ0) is 17.3. The molecule has 0 aliphatic carbocycles. The van der Waals surface area contributed by atoms with Crippen molar-refractivity contribution >= 4 is 27.3 Å². The van der Waals surface area contributed by atoms with Gasteiger partial charge in [-0.05, 0) is 49.2 Å². The van der Waals surface area contributed by atoms with Gasteiger partial charge >= 0.3 is 0 Å². The number of halogens is 1. The second-order valence-electron chi connectivity index (χ2n) is 5.74. The first kappa shape index (κ1) is 17.0. The molecule has 7 heteroatoms. The van der Waals surface area contributed by atoms with Gasteiger partial charge in [-0.1, -0.05) is 17.7 Å². The molecule has 0 spiro atoms. The largest absolute Gasteiger partial charge is 0.305 e. The van der Waals surface area contributed by atoms with Crippen LogP contribution in [0.2, 0.25) is 5.02 Å². The van der Waals surface area contributed by atoms with Crippen molar-refractivity contribution in [1.29, 1.82) is 0 Å². The Morgan fingerprint density at radius 1 is 1.12 bits per heavy atom. The van der Waals surface area contributed by atoms with Gasteiger partial charge < -0.3 is 4.40 Å². The maximum Gasteiger partial charge on any atom is 0.240 e. The Morgan fingerprint density at radius 3 is 2.67 bits per heavy atom. The van der Waals surface area contributed by atoms with E-state index in [-0.39, 0.29) is 11.4 Å². The molecule has 0 saturated carbocycles. The number of benzene rings is 1. The Morgan fingerprint density at radius 2 is 1.92 bits per heavy atom. The molecule has 1 N–H and O–H groups in total. The summed E-state index contributed by atoms with van der Waals surface area (Å²) in [6.45, 7) is 4.14. The van der Waals surface area contributed by atoms with Crippen molar-refractivity contribution < 1.29 is 8.42 Å². The van der Waals surface area contributed by atoms with E-state index in [4.69, 9.17) is 11.6 Å². The molecule has 2 heterocycles. The van der Waals surface area contributed by atoms with Crippen molar-refractivity contribution in [3.8, 4) is 0 Å². The van der Waals surface area contributed by atoms with Crippen LogP contribution in [-0.2, 0) is 16.4 Å². The first-order chi connectivity index (χ1) is 11.3. The van der Waals surface area contributed by atoms with Crippen LogP contribution in [0, 0.1) is 13.8 Å². The summed E-state index contributed by atoms with van der Waals surface area (Å²) in [4.78, 5) is 4.73. The molecule has 0 fully saturated rings. The summed E-state index contributed by atoms with van der Waals surface area (Å²) >= 11 is 5.94. The van der Waals surface area contributed by atoms with Crippen molar-refractivity contribution in [1.82, 2.24) is 14.1 Å². The predicted molar refractivity (Wildman–Crippen MR) is 95.0 cm³/mol. The first-order valence-electron chi connectivity index (χ1n) is 7.55. The molecule has 0 amide bonds. The third kappa shape index (κ3) is 3.61. The van der Waals surface area contributed by atoms with E-state index in [9.17, 15) is 8.42 Å². The van der Waals surface area contributed by atoms with Crippen LogP contribution in [0.3, 0.4) is 0 Å². The molecule has 0 saturated heterocycles. The van der Waals surface area contributed by atoms with E-state index in [1.54, 1.807) is 24.4 Å². The van der Waals surface area contributed by atoms with E-state index < -0.39 is 10.0 Å². The predicted octanol–water partition coefficient (Wildman–Crippen LogP) is 3.13. The number of hydrogen-bond acceptors (Lipinski definition) is 3. The van der Waals surface area contributed by atoms with Crippen LogP contribution in [0.5, 0.6) is 0 Å². The molecular formula is C17H18ClN3O2S. The summed E-state index contributed by atoms with van der Waals surface area (Å²) < 4.78 is 29.1. The molecular weight excluding hydrogens is 346 g/mol. The number of nitrogens with zero attached hydrogens (tertiary/aromatic N) is 2. The zero-order valence-electron chi connectivity index (χ0n) is 13.5. The monoisotopic (exact) mass is 363 g/mol. The highest BCUT2D eigenvalue weighted by Crippen LogP contribution is 2.15. The van der Waals surface area contributed by atoms with Crippen molar-refractivity contribution in [2.45, 2.75) is 25.2 Å². The number of aryl methyl sites for hydroxylation is 2. The van der Waals surface area contributed by atoms with E-state index >= 15 is 0 Å². The van der Waals surface area contributed by atoms with Crippen LogP contribution in [-0.4, -0.2) is 24.3 Å². The van der Waals surface area contributed by atoms with Gasteiger partial charge in [0.25, 0.3) is 0 Å². The lowest BCUT2D eigenvalue weighted by atomic mass is 10.1. The standard InChI is InChI=1S/C17H18ClN3O2S/c1-12-3-5-16(9-13(12)2)24(22,23)19-8-7-15-11-21-10-14(18)4-6-17(21)20-15/h3-6,9-11,19H,7-8H2,1-2H3. The third-order valence-corrected chi connectivity index (χ3v) is 5.61. The average molecular weight is 364 g/mol. The number of imidazole rings is 1. The molecule has 0 bridgehead atoms. The molecule has 0 unspecified atom stereocenters. The highest BCUT2D eigenvalue weighted by Gasteiger charge is 2.14. The first-order valence-corrected chi connectivity index (χ1v) is 9.41. The molecule has 1 aromatic carbocycles. The fourth-order valence-electron chi connectivity index (χ4n) is 2.42. The molecule has 3 rings (SSSR count). The summed E-state index contributed by atoms with van der Waals surface area (Å²) in [6, 6.07) is 8.72. The van der Waals surface area contributed by atoms with Gasteiger partial charge in [0, 0.05) is 25.4 Å². The lowest BCUT2D eigenvalue weighted by Crippen LogP contribution is -2.26. The van der Waals surface area contributed by atoms with E-state index in [1.807, 2.05) is 36.6 Å². The lowest BCUT2D eigenvalue weighted by molar-refractivity contribution is 0.581. The fourth-order valence-corrected chi connectivity index (χ4v) is 3.70. The summed E-state index contributed by atoms with van der Waals surface area (Å²) in [7, 11) is -3.51. The number of rotatable bonds is 5. The minimum Gasteiger partial charge on any atom is -0.305 e. The zero-order valence-corrected chi connectivity index (χ0v) is 15.0. The molecule has 24 heavy (non-hydrogen) atoms. The van der Waals surface area contributed by atoms with Crippen molar-refractivity contribution in [3.05, 3.63) is 64.6 Å². The Balaban J connectivity index is 1.68. The molecule has 0 aliphatic rings. The van der Waals surface area contributed by atoms with Gasteiger partial charge in [0.15, 0.2) is 0 Å². The number of hydrogen-bond donors (Lipinski definition) is 1. The van der Waals surface area contributed by atoms with Gasteiger partial charge in [0.1, 0.15) is 5.65 Å². The quantitative estimate of drug-likeness (QED) is 0.757. The summed E-state index contributed by atoms with van der Waals surface area (Å²) in [5.74, 6) is 0. The normalized spacial score (nSPS) is 12.0. The molecule has 2 aromatic heterocycles. The van der Waals surface area contributed by atoms with Crippen LogP contribution >= 0.6 is 11.6 Å². The Kier molecular flexibility index (Phi) is 4.62. The van der Waals surface area contributed by atoms with Crippen LogP contribution in [0.1, 0.15) is 16.8 Å². The number of aromatic nitrogens is 2. The molecule has 0 aliphatic heterocycles. The Bertz CT molecular complexity index is 996. The second-order valence-corrected chi connectivity index (χ2v) is 7.94. The summed E-state index contributed by atoms with van der Waals surface area (Å²) in [5, 5.41) is 0.627. The van der Waals surface area contributed by atoms with E-state index in [2.05, 4.69) is 9.71 Å². The van der Waals surface area contributed by atoms with Crippen LogP contribution < -0.4 is 4.72 Å². The fraction of sp³-hybridized carbons (Fsp3) is 0.235. The number of pyridine rings is 1. The second kappa shape index (κ2) is 6.55. The Hall–Kier alpha value is -1.89. The van der Waals surface area contributed by atoms with Crippen LogP contribution in [0.25, 0.3) is 5.65 Å². The lowest BCUT2D eigenvalue weighted by Gasteiger charge is -2.08. The van der Waals surface area contributed by atoms with Crippen molar-refractivity contribution in [2.24, 2.45) is 0 Å². The summed E-state index contributed by atoms with van der Waals surface area (Å²) in [6.07, 6.45) is 4.13. The maximum atomic E-state index is 12.3. The van der Waals surface area contributed by atoms with Gasteiger partial charge in [-0.15, -0.1) is 0 Å². The highest BCUT2D eigenvalue weighted by atomic mass is 35.5. The molecule has 5 nitrogen and oxygen atoms in total. The van der Waals surface area contributed by atoms with Gasteiger partial charge in [0.2, 0.25) is 10.0 Å². The Labute approximate surface area is 146 Å². The van der Waals surface area contributed by atoms with Crippen molar-refractivity contribution in [2.75, 3.05) is 6.54 Å². The highest BCUT2D eigenvalue weighted by molar-refractivity contribution is 7.89. The molecule has 0 radical (unpaired) electrons. The molecule has 3 aromatic rings. The summed E-state index contributed by atoms with van der Waals surface area (Å²) in [5.41, 5.74) is 3.61. The van der Waals surface area contributed by atoms with E-state index in [0.717, 1.165) is 22.5 Å². The molecule has 126 valence electrons. The minimum atomic E-state index is -3.51. The maximum absolute atomic E-state index is 12.3.